The maximum Gasteiger partial charge on any atom is 0.251 e. The Morgan fingerprint density at radius 3 is 2.35 bits per heavy atom. The molecule has 2 amide bonds. The zero-order valence-corrected chi connectivity index (χ0v) is 14.1. The zero-order valence-electron chi connectivity index (χ0n) is 14.1. The molecule has 1 fully saturated rings. The largest absolute Gasteiger partial charge is 0.347 e. The van der Waals surface area contributed by atoms with E-state index in [2.05, 4.69) is 30.8 Å². The Kier molecular flexibility index (Phi) is 5.21. The number of carbonyl (C=O) groups is 2. The van der Waals surface area contributed by atoms with Crippen LogP contribution in [0.3, 0.4) is 0 Å². The monoisotopic (exact) mass is 315 g/mol. The fraction of sp³-hybridized carbons (Fsp3) is 0.444. The predicted octanol–water partition coefficient (Wildman–Crippen LogP) is 2.05. The Morgan fingerprint density at radius 1 is 1.26 bits per heavy atom. The number of benzene rings is 1. The number of hydrogen-bond donors (Lipinski definition) is 1. The number of likely N-dealkylation sites (N-methyl/N-ethyl adjacent to an activating group) is 1. The summed E-state index contributed by atoms with van der Waals surface area (Å²) in [5, 5.41) is 3.15. The fourth-order valence-electron chi connectivity index (χ4n) is 2.68. The first-order valence-corrected chi connectivity index (χ1v) is 7.86. The average molecular weight is 315 g/mol. The van der Waals surface area contributed by atoms with E-state index < -0.39 is 0 Å². The molecule has 1 aromatic rings. The molecule has 0 aliphatic carbocycles. The Bertz CT molecular complexity index is 587. The molecular weight excluding hydrogens is 290 g/mol. The highest BCUT2D eigenvalue weighted by atomic mass is 16.2. The minimum Gasteiger partial charge on any atom is -0.347 e. The van der Waals surface area contributed by atoms with E-state index in [0.29, 0.717) is 5.56 Å². The van der Waals surface area contributed by atoms with Crippen LogP contribution in [0.5, 0.6) is 0 Å². The van der Waals surface area contributed by atoms with Gasteiger partial charge in [-0.1, -0.05) is 6.58 Å². The molecule has 5 nitrogen and oxygen atoms in total. The Hall–Kier alpha value is -2.14. The third kappa shape index (κ3) is 4.20. The number of hydrogen-bond acceptors (Lipinski definition) is 3. The van der Waals surface area contributed by atoms with E-state index in [4.69, 9.17) is 0 Å². The molecule has 1 heterocycles. The van der Waals surface area contributed by atoms with Crippen LogP contribution in [0.15, 0.2) is 36.9 Å². The van der Waals surface area contributed by atoms with E-state index in [9.17, 15) is 9.59 Å². The summed E-state index contributed by atoms with van der Waals surface area (Å²) in [6.07, 6.45) is 3.16. The maximum atomic E-state index is 12.4. The van der Waals surface area contributed by atoms with E-state index in [1.165, 1.54) is 11.0 Å². The number of amides is 2. The summed E-state index contributed by atoms with van der Waals surface area (Å²) in [4.78, 5) is 27.8. The lowest BCUT2D eigenvalue weighted by atomic mass is 9.89. The van der Waals surface area contributed by atoms with Gasteiger partial charge in [-0.3, -0.25) is 9.59 Å². The molecular formula is C18H25N3O2. The molecule has 1 aliphatic heterocycles. The summed E-state index contributed by atoms with van der Waals surface area (Å²) < 4.78 is 0. The molecule has 1 aromatic carbocycles. The van der Waals surface area contributed by atoms with E-state index in [1.54, 1.807) is 31.3 Å². The standard InChI is InChI=1S/C18H25N3O2/c1-5-16(22)21(4)15-8-6-14(7-9-15)17(23)19-18(2)10-12-20(3)13-11-18/h5-9H,1,10-13H2,2-4H3,(H,19,23). The smallest absolute Gasteiger partial charge is 0.251 e. The van der Waals surface area contributed by atoms with Gasteiger partial charge in [0.1, 0.15) is 0 Å². The first-order valence-electron chi connectivity index (χ1n) is 7.86. The highest BCUT2D eigenvalue weighted by molar-refractivity contribution is 6.01. The molecule has 0 spiro atoms. The molecule has 5 heteroatoms. The quantitative estimate of drug-likeness (QED) is 0.865. The molecule has 0 radical (unpaired) electrons. The second-order valence-corrected chi connectivity index (χ2v) is 6.47. The van der Waals surface area contributed by atoms with Crippen molar-refractivity contribution in [2.75, 3.05) is 32.1 Å². The van der Waals surface area contributed by atoms with E-state index in [-0.39, 0.29) is 17.4 Å². The van der Waals surface area contributed by atoms with E-state index >= 15 is 0 Å². The van der Waals surface area contributed by atoms with Crippen molar-refractivity contribution in [1.29, 1.82) is 0 Å². The topological polar surface area (TPSA) is 52.7 Å². The SMILES string of the molecule is C=CC(=O)N(C)c1ccc(C(=O)NC2(C)CCN(C)CC2)cc1. The number of piperidine rings is 1. The van der Waals surface area contributed by atoms with Gasteiger partial charge in [-0.25, -0.2) is 0 Å². The number of rotatable bonds is 4. The van der Waals surface area contributed by atoms with Crippen LogP contribution in [-0.4, -0.2) is 49.4 Å². The molecule has 23 heavy (non-hydrogen) atoms. The zero-order chi connectivity index (χ0) is 17.0. The molecule has 1 saturated heterocycles. The van der Waals surface area contributed by atoms with Crippen molar-refractivity contribution in [3.8, 4) is 0 Å². The van der Waals surface area contributed by atoms with Crippen LogP contribution >= 0.6 is 0 Å². The first kappa shape index (κ1) is 17.2. The van der Waals surface area contributed by atoms with Gasteiger partial charge in [0.05, 0.1) is 0 Å². The van der Waals surface area contributed by atoms with Gasteiger partial charge in [-0.05, 0) is 57.2 Å². The van der Waals surface area contributed by atoms with Crippen LogP contribution in [-0.2, 0) is 4.79 Å². The number of nitrogens with one attached hydrogen (secondary N) is 1. The van der Waals surface area contributed by atoms with Gasteiger partial charge in [0, 0.05) is 36.9 Å². The summed E-state index contributed by atoms with van der Waals surface area (Å²) in [7, 11) is 3.78. The van der Waals surface area contributed by atoms with Crippen molar-refractivity contribution in [1.82, 2.24) is 10.2 Å². The van der Waals surface area contributed by atoms with Crippen molar-refractivity contribution in [3.63, 3.8) is 0 Å². The van der Waals surface area contributed by atoms with Gasteiger partial charge >= 0.3 is 0 Å². The third-order valence-electron chi connectivity index (χ3n) is 4.53. The summed E-state index contributed by atoms with van der Waals surface area (Å²) in [6, 6.07) is 7.03. The van der Waals surface area contributed by atoms with Crippen LogP contribution in [0.4, 0.5) is 5.69 Å². The third-order valence-corrected chi connectivity index (χ3v) is 4.53. The van der Waals surface area contributed by atoms with Crippen LogP contribution in [0.25, 0.3) is 0 Å². The molecule has 0 saturated carbocycles. The molecule has 0 atom stereocenters. The Balaban J connectivity index is 2.03. The molecule has 0 unspecified atom stereocenters. The molecule has 0 bridgehead atoms. The van der Waals surface area contributed by atoms with Gasteiger partial charge in [0.15, 0.2) is 0 Å². The predicted molar refractivity (Wildman–Crippen MR) is 92.7 cm³/mol. The van der Waals surface area contributed by atoms with Gasteiger partial charge in [-0.2, -0.15) is 0 Å². The molecule has 124 valence electrons. The van der Waals surface area contributed by atoms with Gasteiger partial charge < -0.3 is 15.1 Å². The minimum atomic E-state index is -0.180. The number of likely N-dealkylation sites (tertiary alicyclic amines) is 1. The minimum absolute atomic E-state index is 0.0682. The molecule has 0 aromatic heterocycles. The number of carbonyl (C=O) groups excluding carboxylic acids is 2. The molecule has 2 rings (SSSR count). The van der Waals surface area contributed by atoms with Crippen LogP contribution < -0.4 is 10.2 Å². The lowest BCUT2D eigenvalue weighted by Crippen LogP contribution is -2.52. The lowest BCUT2D eigenvalue weighted by Gasteiger charge is -2.38. The fourth-order valence-corrected chi connectivity index (χ4v) is 2.68. The van der Waals surface area contributed by atoms with Crippen LogP contribution in [0, 0.1) is 0 Å². The van der Waals surface area contributed by atoms with E-state index in [1.807, 2.05) is 0 Å². The summed E-state index contributed by atoms with van der Waals surface area (Å²) in [6.45, 7) is 7.55. The molecule has 1 aliphatic rings. The highest BCUT2D eigenvalue weighted by Gasteiger charge is 2.30. The first-order chi connectivity index (χ1) is 10.8. The Labute approximate surface area is 138 Å². The highest BCUT2D eigenvalue weighted by Crippen LogP contribution is 2.22. The van der Waals surface area contributed by atoms with Gasteiger partial charge in [-0.15, -0.1) is 0 Å². The van der Waals surface area contributed by atoms with Crippen molar-refractivity contribution in [2.45, 2.75) is 25.3 Å². The van der Waals surface area contributed by atoms with Gasteiger partial charge in [0.25, 0.3) is 5.91 Å². The summed E-state index contributed by atoms with van der Waals surface area (Å²) in [5.74, 6) is -0.248. The summed E-state index contributed by atoms with van der Waals surface area (Å²) in [5.41, 5.74) is 1.18. The van der Waals surface area contributed by atoms with Gasteiger partial charge in [0.2, 0.25) is 5.91 Å². The second kappa shape index (κ2) is 6.96. The number of nitrogens with zero attached hydrogens (tertiary/aromatic N) is 2. The van der Waals surface area contributed by atoms with Crippen LogP contribution in [0.2, 0.25) is 0 Å². The Morgan fingerprint density at radius 2 is 1.83 bits per heavy atom. The second-order valence-electron chi connectivity index (χ2n) is 6.47. The molecule has 1 N–H and O–H groups in total. The van der Waals surface area contributed by atoms with Crippen molar-refractivity contribution in [2.24, 2.45) is 0 Å². The average Bonchev–Trinajstić information content (AvgIpc) is 2.56. The van der Waals surface area contributed by atoms with Crippen molar-refractivity contribution >= 4 is 17.5 Å². The van der Waals surface area contributed by atoms with E-state index in [0.717, 1.165) is 31.6 Å². The number of anilines is 1. The maximum absolute atomic E-state index is 12.4. The van der Waals surface area contributed by atoms with Crippen molar-refractivity contribution < 1.29 is 9.59 Å². The van der Waals surface area contributed by atoms with Crippen molar-refractivity contribution in [3.05, 3.63) is 42.5 Å². The lowest BCUT2D eigenvalue weighted by molar-refractivity contribution is -0.113. The normalized spacial score (nSPS) is 17.3. The summed E-state index contributed by atoms with van der Waals surface area (Å²) >= 11 is 0. The van der Waals surface area contributed by atoms with Crippen LogP contribution in [0.1, 0.15) is 30.1 Å².